The van der Waals surface area contributed by atoms with E-state index in [4.69, 9.17) is 0 Å². The molecule has 22 heavy (non-hydrogen) atoms. The van der Waals surface area contributed by atoms with Crippen LogP contribution in [0.2, 0.25) is 0 Å². The molecule has 0 aliphatic carbocycles. The lowest BCUT2D eigenvalue weighted by Gasteiger charge is -2.17. The number of rotatable bonds is 4. The van der Waals surface area contributed by atoms with Crippen LogP contribution >= 0.6 is 0 Å². The molecule has 1 saturated heterocycles. The molecular formula is C14H19N3O4S. The lowest BCUT2D eigenvalue weighted by atomic mass is 10.1. The van der Waals surface area contributed by atoms with Crippen LogP contribution in [0, 0.1) is 6.92 Å². The standard InChI is InChI=1S/C14H19N3O4S/c1-9(2)22(20,21)16-13(18)11-4-5-12(10(3)8-11)17-7-6-15-14(17)19/h4-5,8-9H,6-7H2,1-3H3,(H,15,19)(H,16,18). The minimum Gasteiger partial charge on any atom is -0.336 e. The molecule has 1 aromatic rings. The Morgan fingerprint density at radius 3 is 2.55 bits per heavy atom. The number of amides is 3. The Kier molecular flexibility index (Phi) is 4.41. The van der Waals surface area contributed by atoms with Gasteiger partial charge in [0.25, 0.3) is 5.91 Å². The van der Waals surface area contributed by atoms with Crippen molar-refractivity contribution in [3.8, 4) is 0 Å². The monoisotopic (exact) mass is 325 g/mol. The average molecular weight is 325 g/mol. The zero-order valence-electron chi connectivity index (χ0n) is 12.7. The number of nitrogens with one attached hydrogen (secondary N) is 2. The summed E-state index contributed by atoms with van der Waals surface area (Å²) in [7, 11) is -3.67. The van der Waals surface area contributed by atoms with Crippen LogP contribution in [0.3, 0.4) is 0 Å². The summed E-state index contributed by atoms with van der Waals surface area (Å²) in [4.78, 5) is 25.3. The van der Waals surface area contributed by atoms with Gasteiger partial charge in [-0.05, 0) is 44.5 Å². The zero-order chi connectivity index (χ0) is 16.5. The van der Waals surface area contributed by atoms with E-state index < -0.39 is 21.2 Å². The van der Waals surface area contributed by atoms with Crippen molar-refractivity contribution >= 4 is 27.6 Å². The van der Waals surface area contributed by atoms with Crippen LogP contribution in [0.4, 0.5) is 10.5 Å². The number of hydrogen-bond acceptors (Lipinski definition) is 4. The molecule has 8 heteroatoms. The smallest absolute Gasteiger partial charge is 0.322 e. The first-order valence-corrected chi connectivity index (χ1v) is 8.49. The Hall–Kier alpha value is -2.09. The molecule has 1 aliphatic heterocycles. The zero-order valence-corrected chi connectivity index (χ0v) is 13.5. The van der Waals surface area contributed by atoms with E-state index in [2.05, 4.69) is 5.32 Å². The molecule has 0 bridgehead atoms. The summed E-state index contributed by atoms with van der Waals surface area (Å²) >= 11 is 0. The highest BCUT2D eigenvalue weighted by Crippen LogP contribution is 2.23. The molecule has 0 saturated carbocycles. The van der Waals surface area contributed by atoms with Crippen molar-refractivity contribution < 1.29 is 18.0 Å². The Labute approximate surface area is 129 Å². The fraction of sp³-hybridized carbons (Fsp3) is 0.429. The van der Waals surface area contributed by atoms with Crippen LogP contribution in [0.15, 0.2) is 18.2 Å². The number of anilines is 1. The first-order chi connectivity index (χ1) is 10.2. The van der Waals surface area contributed by atoms with Crippen molar-refractivity contribution in [1.82, 2.24) is 10.0 Å². The molecule has 1 aromatic carbocycles. The number of carbonyl (C=O) groups is 2. The Morgan fingerprint density at radius 1 is 1.36 bits per heavy atom. The molecule has 3 amide bonds. The van der Waals surface area contributed by atoms with Gasteiger partial charge in [0.2, 0.25) is 10.0 Å². The second kappa shape index (κ2) is 5.96. The highest BCUT2D eigenvalue weighted by molar-refractivity contribution is 7.90. The Morgan fingerprint density at radius 2 is 2.05 bits per heavy atom. The molecule has 2 rings (SSSR count). The number of nitrogens with zero attached hydrogens (tertiary/aromatic N) is 1. The van der Waals surface area contributed by atoms with E-state index >= 15 is 0 Å². The normalized spacial score (nSPS) is 15.1. The molecule has 1 heterocycles. The molecule has 0 aromatic heterocycles. The van der Waals surface area contributed by atoms with E-state index in [0.717, 1.165) is 5.56 Å². The number of sulfonamides is 1. The van der Waals surface area contributed by atoms with Crippen molar-refractivity contribution in [2.45, 2.75) is 26.0 Å². The number of aryl methyl sites for hydroxylation is 1. The quantitative estimate of drug-likeness (QED) is 0.863. The molecule has 7 nitrogen and oxygen atoms in total. The third-order valence-corrected chi connectivity index (χ3v) is 5.17. The number of benzene rings is 1. The van der Waals surface area contributed by atoms with Gasteiger partial charge in [0.05, 0.1) is 5.25 Å². The predicted octanol–water partition coefficient (Wildman–Crippen LogP) is 0.993. The fourth-order valence-corrected chi connectivity index (χ4v) is 2.72. The first kappa shape index (κ1) is 16.3. The van der Waals surface area contributed by atoms with E-state index in [0.29, 0.717) is 18.8 Å². The van der Waals surface area contributed by atoms with E-state index in [9.17, 15) is 18.0 Å². The van der Waals surface area contributed by atoms with Crippen LogP contribution in [-0.2, 0) is 10.0 Å². The summed E-state index contributed by atoms with van der Waals surface area (Å²) in [6.07, 6.45) is 0. The number of carbonyl (C=O) groups excluding carboxylic acids is 2. The summed E-state index contributed by atoms with van der Waals surface area (Å²) in [5.41, 5.74) is 1.68. The summed E-state index contributed by atoms with van der Waals surface area (Å²) < 4.78 is 25.5. The highest BCUT2D eigenvalue weighted by atomic mass is 32.2. The molecule has 0 unspecified atom stereocenters. The van der Waals surface area contributed by atoms with Gasteiger partial charge >= 0.3 is 6.03 Å². The molecule has 1 aliphatic rings. The first-order valence-electron chi connectivity index (χ1n) is 6.94. The summed E-state index contributed by atoms with van der Waals surface area (Å²) in [6.45, 7) is 5.90. The minimum atomic E-state index is -3.67. The van der Waals surface area contributed by atoms with Crippen LogP contribution < -0.4 is 14.9 Å². The minimum absolute atomic E-state index is 0.178. The average Bonchev–Trinajstić information content (AvgIpc) is 2.84. The molecule has 0 spiro atoms. The third kappa shape index (κ3) is 3.22. The van der Waals surface area contributed by atoms with Crippen LogP contribution in [-0.4, -0.2) is 38.7 Å². The Bertz CT molecular complexity index is 713. The van der Waals surface area contributed by atoms with Gasteiger partial charge in [0.1, 0.15) is 0 Å². The van der Waals surface area contributed by atoms with E-state index in [-0.39, 0.29) is 11.6 Å². The van der Waals surface area contributed by atoms with Crippen molar-refractivity contribution in [3.05, 3.63) is 29.3 Å². The maximum atomic E-state index is 12.0. The van der Waals surface area contributed by atoms with Gasteiger partial charge in [0, 0.05) is 24.3 Å². The topological polar surface area (TPSA) is 95.6 Å². The van der Waals surface area contributed by atoms with Gasteiger partial charge in [-0.1, -0.05) is 0 Å². The van der Waals surface area contributed by atoms with Gasteiger partial charge in [-0.25, -0.2) is 17.9 Å². The van der Waals surface area contributed by atoms with Crippen molar-refractivity contribution in [2.75, 3.05) is 18.0 Å². The largest absolute Gasteiger partial charge is 0.336 e. The van der Waals surface area contributed by atoms with Crippen molar-refractivity contribution in [3.63, 3.8) is 0 Å². The summed E-state index contributed by atoms with van der Waals surface area (Å²) in [6, 6.07) is 4.56. The lowest BCUT2D eigenvalue weighted by Crippen LogP contribution is -2.36. The second-order valence-electron chi connectivity index (χ2n) is 5.41. The lowest BCUT2D eigenvalue weighted by molar-refractivity contribution is 0.0981. The highest BCUT2D eigenvalue weighted by Gasteiger charge is 2.24. The molecule has 2 N–H and O–H groups in total. The van der Waals surface area contributed by atoms with Gasteiger partial charge in [0.15, 0.2) is 0 Å². The molecule has 0 radical (unpaired) electrons. The summed E-state index contributed by atoms with van der Waals surface area (Å²) in [5.74, 6) is -0.672. The van der Waals surface area contributed by atoms with E-state index in [1.807, 2.05) is 4.72 Å². The van der Waals surface area contributed by atoms with E-state index in [1.54, 1.807) is 24.0 Å². The number of hydrogen-bond donors (Lipinski definition) is 2. The van der Waals surface area contributed by atoms with Gasteiger partial charge in [-0.3, -0.25) is 9.69 Å². The molecule has 1 fully saturated rings. The predicted molar refractivity (Wildman–Crippen MR) is 83.4 cm³/mol. The summed E-state index contributed by atoms with van der Waals surface area (Å²) in [5, 5.41) is 2.01. The maximum Gasteiger partial charge on any atom is 0.322 e. The van der Waals surface area contributed by atoms with Crippen LogP contribution in [0.5, 0.6) is 0 Å². The Balaban J connectivity index is 2.22. The van der Waals surface area contributed by atoms with Crippen LogP contribution in [0.25, 0.3) is 0 Å². The van der Waals surface area contributed by atoms with Crippen LogP contribution in [0.1, 0.15) is 29.8 Å². The van der Waals surface area contributed by atoms with Gasteiger partial charge < -0.3 is 5.32 Å². The molecular weight excluding hydrogens is 306 g/mol. The van der Waals surface area contributed by atoms with Gasteiger partial charge in [-0.15, -0.1) is 0 Å². The SMILES string of the molecule is Cc1cc(C(=O)NS(=O)(=O)C(C)C)ccc1N1CCNC1=O. The van der Waals surface area contributed by atoms with Gasteiger partial charge in [-0.2, -0.15) is 0 Å². The van der Waals surface area contributed by atoms with Crippen molar-refractivity contribution in [1.29, 1.82) is 0 Å². The number of urea groups is 1. The maximum absolute atomic E-state index is 12.0. The second-order valence-corrected chi connectivity index (χ2v) is 7.65. The van der Waals surface area contributed by atoms with E-state index in [1.165, 1.54) is 19.9 Å². The van der Waals surface area contributed by atoms with Crippen molar-refractivity contribution in [2.24, 2.45) is 0 Å². The fourth-order valence-electron chi connectivity index (χ4n) is 2.11. The third-order valence-electron chi connectivity index (χ3n) is 3.46. The molecule has 0 atom stereocenters. The molecule has 120 valence electrons.